The Kier molecular flexibility index (Phi) is 6.52. The van der Waals surface area contributed by atoms with Crippen LogP contribution in [0, 0.1) is 18.7 Å². The molecule has 2 aromatic rings. The molecule has 3 nitrogen and oxygen atoms in total. The number of rotatable bonds is 7. The van der Waals surface area contributed by atoms with E-state index in [1.54, 1.807) is 6.07 Å². The summed E-state index contributed by atoms with van der Waals surface area (Å²) >= 11 is 6.41. The second-order valence-electron chi connectivity index (χ2n) is 8.77. The first kappa shape index (κ1) is 22.3. The molecule has 4 rings (SSSR count). The van der Waals surface area contributed by atoms with Gasteiger partial charge in [0.2, 0.25) is 0 Å². The number of hydrogen-bond acceptors (Lipinski definition) is 3. The smallest absolute Gasteiger partial charge is 0.148 e. The molecular weight excluding hydrogens is 421 g/mol. The number of hydrogen-bond donors (Lipinski definition) is 1. The molecule has 2 aliphatic heterocycles. The predicted molar refractivity (Wildman–Crippen MR) is 134 cm³/mol. The molecule has 2 heterocycles. The monoisotopic (exact) mass is 449 g/mol. The number of nitrogens with one attached hydrogen (secondary N) is 1. The van der Waals surface area contributed by atoms with Gasteiger partial charge in [-0.3, -0.25) is 4.99 Å². The van der Waals surface area contributed by atoms with Crippen molar-refractivity contribution in [1.29, 1.82) is 0 Å². The van der Waals surface area contributed by atoms with Gasteiger partial charge in [-0.15, -0.1) is 0 Å². The topological polar surface area (TPSA) is 27.6 Å². The van der Waals surface area contributed by atoms with E-state index in [0.29, 0.717) is 22.3 Å². The van der Waals surface area contributed by atoms with Crippen LogP contribution in [0.1, 0.15) is 36.5 Å². The average Bonchev–Trinajstić information content (AvgIpc) is 2.75. The van der Waals surface area contributed by atoms with Crippen LogP contribution < -0.4 is 5.32 Å². The Balaban J connectivity index is 1.40. The van der Waals surface area contributed by atoms with Crippen LogP contribution in [0.4, 0.5) is 10.1 Å². The third kappa shape index (κ3) is 4.97. The van der Waals surface area contributed by atoms with Gasteiger partial charge in [0.05, 0.1) is 22.1 Å². The maximum Gasteiger partial charge on any atom is 0.148 e. The summed E-state index contributed by atoms with van der Waals surface area (Å²) in [7, 11) is 0. The molecule has 0 aliphatic carbocycles. The number of benzene rings is 2. The Morgan fingerprint density at radius 3 is 2.44 bits per heavy atom. The van der Waals surface area contributed by atoms with E-state index in [4.69, 9.17) is 11.6 Å². The van der Waals surface area contributed by atoms with Crippen molar-refractivity contribution in [3.8, 4) is 0 Å². The fourth-order valence-corrected chi connectivity index (χ4v) is 4.53. The molecule has 0 atom stereocenters. The molecule has 2 aromatic carbocycles. The van der Waals surface area contributed by atoms with E-state index in [9.17, 15) is 4.39 Å². The predicted octanol–water partition coefficient (Wildman–Crippen LogP) is 7.00. The zero-order valence-electron chi connectivity index (χ0n) is 18.7. The molecule has 1 N–H and O–H groups in total. The minimum absolute atomic E-state index is 0.325. The molecule has 166 valence electrons. The van der Waals surface area contributed by atoms with Gasteiger partial charge in [0, 0.05) is 30.0 Å². The van der Waals surface area contributed by atoms with Crippen molar-refractivity contribution in [3.63, 3.8) is 0 Å². The summed E-state index contributed by atoms with van der Waals surface area (Å²) in [6.07, 6.45) is 5.20. The number of aliphatic imine (C=N–C) groups is 1. The Labute approximate surface area is 195 Å². The Morgan fingerprint density at radius 1 is 1.16 bits per heavy atom. The highest BCUT2D eigenvalue weighted by Gasteiger charge is 2.23. The first-order chi connectivity index (χ1) is 15.3. The van der Waals surface area contributed by atoms with Crippen molar-refractivity contribution in [3.05, 3.63) is 94.6 Å². The maximum atomic E-state index is 14.6. The largest absolute Gasteiger partial charge is 0.371 e. The van der Waals surface area contributed by atoms with E-state index in [2.05, 4.69) is 59.6 Å². The molecule has 32 heavy (non-hydrogen) atoms. The number of anilines is 1. The molecule has 0 unspecified atom stereocenters. The molecule has 0 radical (unpaired) electrons. The maximum absolute atomic E-state index is 14.6. The number of likely N-dealkylation sites (tertiary alicyclic amines) is 1. The number of aryl methyl sites for hydroxylation is 1. The van der Waals surface area contributed by atoms with Crippen LogP contribution in [0.2, 0.25) is 5.02 Å². The van der Waals surface area contributed by atoms with Gasteiger partial charge in [-0.1, -0.05) is 54.6 Å². The van der Waals surface area contributed by atoms with E-state index in [-0.39, 0.29) is 0 Å². The SMILES string of the molecule is C=C(Nc1cc(C(=C)N2CCC(Cc3ccc(C)cc3)CC2)c(Cl)cc1F)C1=NC(C)=C1. The van der Waals surface area contributed by atoms with Crippen LogP contribution in [0.25, 0.3) is 5.70 Å². The Morgan fingerprint density at radius 2 is 1.81 bits per heavy atom. The zero-order chi connectivity index (χ0) is 22.8. The molecule has 5 heteroatoms. The van der Waals surface area contributed by atoms with Crippen molar-refractivity contribution < 1.29 is 4.39 Å². The lowest BCUT2D eigenvalue weighted by Crippen LogP contribution is -2.33. The average molecular weight is 450 g/mol. The Bertz CT molecular complexity index is 1110. The van der Waals surface area contributed by atoms with Crippen molar-refractivity contribution in [2.75, 3.05) is 18.4 Å². The summed E-state index contributed by atoms with van der Waals surface area (Å²) in [4.78, 5) is 6.53. The van der Waals surface area contributed by atoms with E-state index in [1.165, 1.54) is 17.2 Å². The summed E-state index contributed by atoms with van der Waals surface area (Å²) in [5.74, 6) is 0.232. The van der Waals surface area contributed by atoms with Crippen LogP contribution in [0.5, 0.6) is 0 Å². The molecular formula is C27H29ClFN3. The highest BCUT2D eigenvalue weighted by Crippen LogP contribution is 2.34. The summed E-state index contributed by atoms with van der Waals surface area (Å²) in [6.45, 7) is 14.1. The number of allylic oxidation sites excluding steroid dienone is 2. The van der Waals surface area contributed by atoms with E-state index < -0.39 is 5.82 Å². The second kappa shape index (κ2) is 9.33. The van der Waals surface area contributed by atoms with Gasteiger partial charge in [-0.05, 0) is 62.8 Å². The van der Waals surface area contributed by atoms with E-state index in [1.807, 2.05) is 13.0 Å². The molecule has 0 spiro atoms. The van der Waals surface area contributed by atoms with Crippen molar-refractivity contribution in [2.45, 2.75) is 33.1 Å². The first-order valence-electron chi connectivity index (χ1n) is 11.0. The molecule has 1 saturated heterocycles. The zero-order valence-corrected chi connectivity index (χ0v) is 19.5. The fourth-order valence-electron chi connectivity index (χ4n) is 4.27. The standard InChI is InChI=1S/C27H29ClFN3/c1-17-5-7-21(8-6-17)14-22-9-11-32(12-10-22)20(4)23-15-27(25(29)16-24(23)28)31-19(3)26-13-18(2)30-26/h5-8,13,15-16,22,31H,3-4,9-12,14H2,1-2H3. The first-order valence-corrected chi connectivity index (χ1v) is 11.4. The van der Waals surface area contributed by atoms with Crippen molar-refractivity contribution in [1.82, 2.24) is 4.90 Å². The molecule has 0 bridgehead atoms. The molecule has 0 saturated carbocycles. The fraction of sp³-hybridized carbons (Fsp3) is 0.296. The minimum Gasteiger partial charge on any atom is -0.371 e. The van der Waals surface area contributed by atoms with Gasteiger partial charge >= 0.3 is 0 Å². The van der Waals surface area contributed by atoms with E-state index in [0.717, 1.165) is 55.0 Å². The summed E-state index contributed by atoms with van der Waals surface area (Å²) in [6, 6.07) is 11.9. The third-order valence-electron chi connectivity index (χ3n) is 6.25. The van der Waals surface area contributed by atoms with Crippen LogP contribution in [0.3, 0.4) is 0 Å². The van der Waals surface area contributed by atoms with Crippen LogP contribution >= 0.6 is 11.6 Å². The summed E-state index contributed by atoms with van der Waals surface area (Å²) in [5.41, 5.74) is 6.80. The highest BCUT2D eigenvalue weighted by molar-refractivity contribution is 6.32. The normalized spacial score (nSPS) is 16.2. The molecule has 2 aliphatic rings. The quantitative estimate of drug-likeness (QED) is 0.492. The van der Waals surface area contributed by atoms with E-state index >= 15 is 0 Å². The number of halogens is 2. The lowest BCUT2D eigenvalue weighted by atomic mass is 9.89. The van der Waals surface area contributed by atoms with Gasteiger partial charge in [-0.25, -0.2) is 4.39 Å². The van der Waals surface area contributed by atoms with Crippen LogP contribution in [0.15, 0.2) is 72.0 Å². The minimum atomic E-state index is -0.426. The lowest BCUT2D eigenvalue weighted by molar-refractivity contribution is 0.254. The lowest BCUT2D eigenvalue weighted by Gasteiger charge is -2.35. The van der Waals surface area contributed by atoms with Crippen molar-refractivity contribution >= 4 is 28.7 Å². The van der Waals surface area contributed by atoms with Gasteiger partial charge < -0.3 is 10.2 Å². The van der Waals surface area contributed by atoms with Gasteiger partial charge in [-0.2, -0.15) is 0 Å². The summed E-state index contributed by atoms with van der Waals surface area (Å²) in [5, 5.41) is 3.40. The molecule has 0 aromatic heterocycles. The molecule has 0 amide bonds. The number of piperidine rings is 1. The highest BCUT2D eigenvalue weighted by atomic mass is 35.5. The molecule has 1 fully saturated rings. The van der Waals surface area contributed by atoms with Gasteiger partial charge in [0.15, 0.2) is 0 Å². The van der Waals surface area contributed by atoms with Gasteiger partial charge in [0.25, 0.3) is 0 Å². The van der Waals surface area contributed by atoms with Crippen molar-refractivity contribution in [2.24, 2.45) is 10.9 Å². The summed E-state index contributed by atoms with van der Waals surface area (Å²) < 4.78 is 14.6. The third-order valence-corrected chi connectivity index (χ3v) is 6.56. The van der Waals surface area contributed by atoms with Crippen LogP contribution in [-0.2, 0) is 6.42 Å². The number of nitrogens with zero attached hydrogens (tertiary/aromatic N) is 2. The Hall–Kier alpha value is -2.85. The van der Waals surface area contributed by atoms with Gasteiger partial charge in [0.1, 0.15) is 5.82 Å². The van der Waals surface area contributed by atoms with Crippen LogP contribution in [-0.4, -0.2) is 23.7 Å². The second-order valence-corrected chi connectivity index (χ2v) is 9.17.